The fourth-order valence-electron chi connectivity index (χ4n) is 2.87. The number of hydrogen-bond acceptors (Lipinski definition) is 4. The highest BCUT2D eigenvalue weighted by Gasteiger charge is 2.33. The molecule has 0 bridgehead atoms. The number of aromatic nitrogens is 1. The van der Waals surface area contributed by atoms with Crippen LogP contribution < -0.4 is 5.32 Å². The molecule has 26 heavy (non-hydrogen) atoms. The first-order chi connectivity index (χ1) is 12.7. The van der Waals surface area contributed by atoms with Crippen molar-refractivity contribution in [3.8, 4) is 11.3 Å². The number of carbonyl (C=O) groups excluding carboxylic acids is 2. The molecule has 3 aromatic rings. The molecule has 4 rings (SSSR count). The Bertz CT molecular complexity index is 916. The Hall–Kier alpha value is -3.41. The van der Waals surface area contributed by atoms with Crippen LogP contribution in [0.5, 0.6) is 0 Å². The molecule has 1 N–H and O–H groups in total. The summed E-state index contributed by atoms with van der Waals surface area (Å²) in [5, 5.41) is 6.80. The lowest BCUT2D eigenvalue weighted by atomic mass is 10.1. The molecule has 0 spiro atoms. The SMILES string of the molecule is O=C(NC1CN(C(=O)c2cc(-c3ccccc3)on2)C1)c1ccccc1. The molecule has 6 heteroatoms. The first-order valence-corrected chi connectivity index (χ1v) is 8.38. The Morgan fingerprint density at radius 1 is 1.00 bits per heavy atom. The molecule has 0 aliphatic carbocycles. The number of nitrogens with zero attached hydrogens (tertiary/aromatic N) is 2. The smallest absolute Gasteiger partial charge is 0.276 e. The van der Waals surface area contributed by atoms with Gasteiger partial charge in [-0.3, -0.25) is 9.59 Å². The Morgan fingerprint density at radius 2 is 1.65 bits per heavy atom. The van der Waals surface area contributed by atoms with Crippen LogP contribution >= 0.6 is 0 Å². The zero-order valence-electron chi connectivity index (χ0n) is 14.0. The maximum Gasteiger partial charge on any atom is 0.276 e. The molecule has 1 fully saturated rings. The van der Waals surface area contributed by atoms with Gasteiger partial charge in [0.15, 0.2) is 11.5 Å². The molecule has 0 radical (unpaired) electrons. The number of nitrogens with one attached hydrogen (secondary N) is 1. The summed E-state index contributed by atoms with van der Waals surface area (Å²) in [6.07, 6.45) is 0. The van der Waals surface area contributed by atoms with Gasteiger partial charge in [0, 0.05) is 30.3 Å². The van der Waals surface area contributed by atoms with E-state index in [4.69, 9.17) is 4.52 Å². The molecular formula is C20H17N3O3. The molecule has 0 unspecified atom stereocenters. The average molecular weight is 347 g/mol. The van der Waals surface area contributed by atoms with Crippen LogP contribution in [0, 0.1) is 0 Å². The van der Waals surface area contributed by atoms with Gasteiger partial charge in [0.2, 0.25) is 0 Å². The minimum atomic E-state index is -0.193. The van der Waals surface area contributed by atoms with E-state index in [0.717, 1.165) is 5.56 Å². The fraction of sp³-hybridized carbons (Fsp3) is 0.150. The van der Waals surface area contributed by atoms with Gasteiger partial charge in [-0.05, 0) is 12.1 Å². The molecule has 1 saturated heterocycles. The minimum absolute atomic E-state index is 0.0489. The second-order valence-electron chi connectivity index (χ2n) is 6.19. The average Bonchev–Trinajstić information content (AvgIpc) is 3.15. The summed E-state index contributed by atoms with van der Waals surface area (Å²) >= 11 is 0. The third-order valence-electron chi connectivity index (χ3n) is 4.33. The van der Waals surface area contributed by atoms with Gasteiger partial charge in [0.1, 0.15) is 0 Å². The second-order valence-corrected chi connectivity index (χ2v) is 6.19. The summed E-state index contributed by atoms with van der Waals surface area (Å²) in [7, 11) is 0. The van der Waals surface area contributed by atoms with Gasteiger partial charge in [-0.25, -0.2) is 0 Å². The van der Waals surface area contributed by atoms with Crippen molar-refractivity contribution in [1.82, 2.24) is 15.4 Å². The molecule has 0 saturated carbocycles. The maximum atomic E-state index is 12.5. The van der Waals surface area contributed by atoms with Gasteiger partial charge in [0.05, 0.1) is 6.04 Å². The van der Waals surface area contributed by atoms with Gasteiger partial charge in [-0.15, -0.1) is 0 Å². The van der Waals surface area contributed by atoms with Crippen LogP contribution in [-0.4, -0.2) is 41.0 Å². The summed E-state index contributed by atoms with van der Waals surface area (Å²) in [5.41, 5.74) is 1.76. The molecule has 2 aromatic carbocycles. The largest absolute Gasteiger partial charge is 0.355 e. The van der Waals surface area contributed by atoms with Crippen molar-refractivity contribution in [3.05, 3.63) is 78.0 Å². The minimum Gasteiger partial charge on any atom is -0.355 e. The second kappa shape index (κ2) is 6.84. The number of rotatable bonds is 4. The standard InChI is InChI=1S/C20H17N3O3/c24-19(15-9-5-2-6-10-15)21-16-12-23(13-16)20(25)17-11-18(26-22-17)14-7-3-1-4-8-14/h1-11,16H,12-13H2,(H,21,24). The summed E-state index contributed by atoms with van der Waals surface area (Å²) < 4.78 is 5.27. The monoisotopic (exact) mass is 347 g/mol. The number of hydrogen-bond donors (Lipinski definition) is 1. The van der Waals surface area contributed by atoms with Crippen molar-refractivity contribution in [3.63, 3.8) is 0 Å². The molecule has 2 heterocycles. The van der Waals surface area contributed by atoms with Crippen molar-refractivity contribution in [2.75, 3.05) is 13.1 Å². The van der Waals surface area contributed by atoms with Gasteiger partial charge < -0.3 is 14.7 Å². The van der Waals surface area contributed by atoms with Gasteiger partial charge >= 0.3 is 0 Å². The molecule has 1 aromatic heterocycles. The normalized spacial score (nSPS) is 13.9. The molecule has 130 valence electrons. The van der Waals surface area contributed by atoms with Gasteiger partial charge in [-0.2, -0.15) is 0 Å². The van der Waals surface area contributed by atoms with Crippen LogP contribution in [0.4, 0.5) is 0 Å². The third-order valence-corrected chi connectivity index (χ3v) is 4.33. The highest BCUT2D eigenvalue weighted by Crippen LogP contribution is 2.21. The number of carbonyl (C=O) groups is 2. The van der Waals surface area contributed by atoms with Crippen LogP contribution in [0.25, 0.3) is 11.3 Å². The lowest BCUT2D eigenvalue weighted by Crippen LogP contribution is -2.61. The third kappa shape index (κ3) is 3.21. The van der Waals surface area contributed by atoms with Crippen LogP contribution in [0.1, 0.15) is 20.8 Å². The van der Waals surface area contributed by atoms with Crippen LogP contribution in [0.3, 0.4) is 0 Å². The van der Waals surface area contributed by atoms with E-state index in [1.54, 1.807) is 23.1 Å². The summed E-state index contributed by atoms with van der Waals surface area (Å²) in [6.45, 7) is 0.926. The zero-order chi connectivity index (χ0) is 17.9. The van der Waals surface area contributed by atoms with E-state index in [0.29, 0.717) is 24.4 Å². The van der Waals surface area contributed by atoms with Crippen molar-refractivity contribution in [2.45, 2.75) is 6.04 Å². The highest BCUT2D eigenvalue weighted by molar-refractivity contribution is 5.96. The van der Waals surface area contributed by atoms with E-state index in [9.17, 15) is 9.59 Å². The first-order valence-electron chi connectivity index (χ1n) is 8.38. The van der Waals surface area contributed by atoms with E-state index >= 15 is 0 Å². The van der Waals surface area contributed by atoms with E-state index < -0.39 is 0 Å². The topological polar surface area (TPSA) is 75.4 Å². The molecule has 6 nitrogen and oxygen atoms in total. The fourth-order valence-corrected chi connectivity index (χ4v) is 2.87. The van der Waals surface area contributed by atoms with E-state index in [-0.39, 0.29) is 23.6 Å². The van der Waals surface area contributed by atoms with Crippen LogP contribution in [0.15, 0.2) is 71.3 Å². The number of amides is 2. The lowest BCUT2D eigenvalue weighted by Gasteiger charge is -2.39. The van der Waals surface area contributed by atoms with E-state index in [1.807, 2.05) is 48.5 Å². The number of benzene rings is 2. The summed E-state index contributed by atoms with van der Waals surface area (Å²) in [5.74, 6) is 0.236. The van der Waals surface area contributed by atoms with Crippen LogP contribution in [-0.2, 0) is 0 Å². The summed E-state index contributed by atoms with van der Waals surface area (Å²) in [4.78, 5) is 26.2. The van der Waals surface area contributed by atoms with E-state index in [2.05, 4.69) is 10.5 Å². The predicted molar refractivity (Wildman–Crippen MR) is 95.5 cm³/mol. The molecule has 0 atom stereocenters. The molecule has 1 aliphatic rings. The number of likely N-dealkylation sites (tertiary alicyclic amines) is 1. The van der Waals surface area contributed by atoms with Gasteiger partial charge in [0.25, 0.3) is 11.8 Å². The van der Waals surface area contributed by atoms with Crippen LogP contribution in [0.2, 0.25) is 0 Å². The Kier molecular flexibility index (Phi) is 4.23. The predicted octanol–water partition coefficient (Wildman–Crippen LogP) is 2.60. The Morgan fingerprint density at radius 3 is 2.35 bits per heavy atom. The zero-order valence-corrected chi connectivity index (χ0v) is 14.0. The molecule has 2 amide bonds. The van der Waals surface area contributed by atoms with E-state index in [1.165, 1.54) is 0 Å². The maximum absolute atomic E-state index is 12.5. The van der Waals surface area contributed by atoms with Crippen molar-refractivity contribution >= 4 is 11.8 Å². The van der Waals surface area contributed by atoms with Crippen molar-refractivity contribution in [2.24, 2.45) is 0 Å². The quantitative estimate of drug-likeness (QED) is 0.787. The first kappa shape index (κ1) is 16.1. The lowest BCUT2D eigenvalue weighted by molar-refractivity contribution is 0.0533. The molecule has 1 aliphatic heterocycles. The van der Waals surface area contributed by atoms with Crippen molar-refractivity contribution in [1.29, 1.82) is 0 Å². The highest BCUT2D eigenvalue weighted by atomic mass is 16.5. The van der Waals surface area contributed by atoms with Crippen molar-refractivity contribution < 1.29 is 14.1 Å². The summed E-state index contributed by atoms with van der Waals surface area (Å²) in [6, 6.07) is 20.1. The Balaban J connectivity index is 1.34. The Labute approximate surface area is 150 Å². The van der Waals surface area contributed by atoms with Gasteiger partial charge in [-0.1, -0.05) is 53.7 Å². The molecular weight excluding hydrogens is 330 g/mol.